The van der Waals surface area contributed by atoms with Gasteiger partial charge in [-0.2, -0.15) is 0 Å². The van der Waals surface area contributed by atoms with Crippen LogP contribution < -0.4 is 5.44 Å². The molecule has 0 radical (unpaired) electrons. The molecule has 2 aromatic carbocycles. The van der Waals surface area contributed by atoms with Gasteiger partial charge in [0.15, 0.2) is 11.3 Å². The number of fused-ring (bicyclic) bond motifs is 1. The minimum absolute atomic E-state index is 0.274. The van der Waals surface area contributed by atoms with E-state index in [9.17, 15) is 4.57 Å². The lowest BCUT2D eigenvalue weighted by atomic mass is 10.2. The third-order valence-electron chi connectivity index (χ3n) is 3.47. The van der Waals surface area contributed by atoms with Crippen LogP contribution in [-0.2, 0) is 13.6 Å². The van der Waals surface area contributed by atoms with Gasteiger partial charge in [-0.1, -0.05) is 48.5 Å². The summed E-state index contributed by atoms with van der Waals surface area (Å²) in [6.45, 7) is 4.12. The Morgan fingerprint density at radius 3 is 2.17 bits per heavy atom. The van der Waals surface area contributed by atoms with Crippen molar-refractivity contribution in [2.45, 2.75) is 13.8 Å². The van der Waals surface area contributed by atoms with Gasteiger partial charge < -0.3 is 9.05 Å². The van der Waals surface area contributed by atoms with Crippen molar-refractivity contribution in [3.8, 4) is 11.4 Å². The summed E-state index contributed by atoms with van der Waals surface area (Å²) >= 11 is 0. The van der Waals surface area contributed by atoms with Gasteiger partial charge in [-0.05, 0) is 19.9 Å². The lowest BCUT2D eigenvalue weighted by molar-refractivity contribution is 0.229. The van der Waals surface area contributed by atoms with E-state index < -0.39 is 7.60 Å². The fourth-order valence-electron chi connectivity index (χ4n) is 2.48. The zero-order valence-electron chi connectivity index (χ0n) is 13.7. The van der Waals surface area contributed by atoms with Gasteiger partial charge in [0.25, 0.3) is 0 Å². The summed E-state index contributed by atoms with van der Waals surface area (Å²) in [7, 11) is -3.52. The lowest BCUT2D eigenvalue weighted by Gasteiger charge is -2.18. The van der Waals surface area contributed by atoms with Crippen LogP contribution in [0.2, 0.25) is 0 Å². The standard InChI is InChI=1S/C18H19N2O3P/c1-3-22-24(21,23-4-2)18-15-12-8-9-13-16(15)19-17(20-18)14-10-6-5-7-11-14/h5-13H,3-4H2,1-2H3. The van der Waals surface area contributed by atoms with Crippen LogP contribution in [0.1, 0.15) is 13.8 Å². The fourth-order valence-corrected chi connectivity index (χ4v) is 4.18. The molecule has 6 heteroatoms. The highest BCUT2D eigenvalue weighted by Crippen LogP contribution is 2.47. The Labute approximate surface area is 141 Å². The van der Waals surface area contributed by atoms with E-state index in [-0.39, 0.29) is 13.2 Å². The molecule has 0 N–H and O–H groups in total. The van der Waals surface area contributed by atoms with Crippen molar-refractivity contribution < 1.29 is 13.6 Å². The molecule has 0 aliphatic carbocycles. The Bertz CT molecular complexity index is 874. The maximum atomic E-state index is 13.3. The monoisotopic (exact) mass is 342 g/mol. The molecule has 1 heterocycles. The van der Waals surface area contributed by atoms with Crippen molar-refractivity contribution in [3.05, 3.63) is 54.6 Å². The summed E-state index contributed by atoms with van der Waals surface area (Å²) in [5.41, 5.74) is 1.88. The fraction of sp³-hybridized carbons (Fsp3) is 0.222. The molecule has 0 aliphatic rings. The molecule has 124 valence electrons. The summed E-state index contributed by atoms with van der Waals surface area (Å²) in [5, 5.41) is 0.683. The van der Waals surface area contributed by atoms with Crippen molar-refractivity contribution in [1.82, 2.24) is 9.97 Å². The summed E-state index contributed by atoms with van der Waals surface area (Å²) in [6.07, 6.45) is 0. The van der Waals surface area contributed by atoms with Crippen LogP contribution in [-0.4, -0.2) is 23.2 Å². The molecule has 0 saturated heterocycles. The number of benzene rings is 2. The van der Waals surface area contributed by atoms with Crippen LogP contribution in [0.5, 0.6) is 0 Å². The van der Waals surface area contributed by atoms with Crippen LogP contribution >= 0.6 is 7.60 Å². The summed E-state index contributed by atoms with van der Waals surface area (Å²) < 4.78 is 24.3. The molecule has 0 atom stereocenters. The normalized spacial score (nSPS) is 11.8. The largest absolute Gasteiger partial charge is 0.380 e. The first-order valence-electron chi connectivity index (χ1n) is 7.90. The second-order valence-electron chi connectivity index (χ2n) is 5.09. The molecular weight excluding hydrogens is 323 g/mol. The minimum Gasteiger partial charge on any atom is -0.304 e. The van der Waals surface area contributed by atoms with Crippen LogP contribution in [0, 0.1) is 0 Å². The van der Waals surface area contributed by atoms with Gasteiger partial charge in [0.1, 0.15) is 0 Å². The Kier molecular flexibility index (Phi) is 5.05. The lowest BCUT2D eigenvalue weighted by Crippen LogP contribution is -2.17. The molecule has 0 bridgehead atoms. The predicted molar refractivity (Wildman–Crippen MR) is 95.5 cm³/mol. The number of nitrogens with zero attached hydrogens (tertiary/aromatic N) is 2. The molecule has 0 saturated carbocycles. The van der Waals surface area contributed by atoms with Crippen molar-refractivity contribution in [2.24, 2.45) is 0 Å². The summed E-state index contributed by atoms with van der Waals surface area (Å²) in [6, 6.07) is 17.0. The zero-order valence-corrected chi connectivity index (χ0v) is 14.6. The number of aromatic nitrogens is 2. The first-order valence-corrected chi connectivity index (χ1v) is 9.44. The van der Waals surface area contributed by atoms with Crippen molar-refractivity contribution in [1.29, 1.82) is 0 Å². The van der Waals surface area contributed by atoms with E-state index in [1.165, 1.54) is 0 Å². The quantitative estimate of drug-likeness (QED) is 0.629. The molecule has 5 nitrogen and oxygen atoms in total. The smallest absolute Gasteiger partial charge is 0.304 e. The van der Waals surface area contributed by atoms with Gasteiger partial charge in [-0.3, -0.25) is 4.57 Å². The highest BCUT2D eigenvalue weighted by atomic mass is 31.2. The van der Waals surface area contributed by atoms with Gasteiger partial charge in [0.05, 0.1) is 18.7 Å². The predicted octanol–water partition coefficient (Wildman–Crippen LogP) is 4.19. The Balaban J connectivity index is 2.27. The molecule has 0 aliphatic heterocycles. The molecule has 0 spiro atoms. The van der Waals surface area contributed by atoms with Crippen LogP contribution in [0.3, 0.4) is 0 Å². The zero-order chi connectivity index (χ0) is 17.0. The van der Waals surface area contributed by atoms with Crippen LogP contribution in [0.15, 0.2) is 54.6 Å². The minimum atomic E-state index is -3.52. The molecule has 3 aromatic rings. The maximum absolute atomic E-state index is 13.3. The summed E-state index contributed by atoms with van der Waals surface area (Å²) in [5.74, 6) is 0.504. The molecular formula is C18H19N2O3P. The Morgan fingerprint density at radius 2 is 1.50 bits per heavy atom. The van der Waals surface area contributed by atoms with E-state index in [2.05, 4.69) is 9.97 Å². The third-order valence-corrected chi connectivity index (χ3v) is 5.53. The average molecular weight is 342 g/mol. The van der Waals surface area contributed by atoms with Gasteiger partial charge in [-0.25, -0.2) is 9.97 Å². The van der Waals surface area contributed by atoms with Gasteiger partial charge in [0, 0.05) is 10.9 Å². The molecule has 3 rings (SSSR count). The summed E-state index contributed by atoms with van der Waals surface area (Å²) in [4.78, 5) is 9.15. The van der Waals surface area contributed by atoms with Gasteiger partial charge in [0.2, 0.25) is 0 Å². The number of hydrogen-bond acceptors (Lipinski definition) is 5. The SMILES string of the molecule is CCOP(=O)(OCC)c1nc(-c2ccccc2)nc2ccccc12. The maximum Gasteiger partial charge on any atom is 0.380 e. The average Bonchev–Trinajstić information content (AvgIpc) is 2.62. The Hall–Kier alpha value is -2.07. The van der Waals surface area contributed by atoms with Crippen LogP contribution in [0.25, 0.3) is 22.3 Å². The van der Waals surface area contributed by atoms with Crippen molar-refractivity contribution >= 4 is 23.9 Å². The van der Waals surface area contributed by atoms with E-state index >= 15 is 0 Å². The molecule has 0 fully saturated rings. The van der Waals surface area contributed by atoms with E-state index in [4.69, 9.17) is 9.05 Å². The van der Waals surface area contributed by atoms with Crippen molar-refractivity contribution in [2.75, 3.05) is 13.2 Å². The van der Waals surface area contributed by atoms with E-state index in [1.54, 1.807) is 13.8 Å². The molecule has 0 amide bonds. The second kappa shape index (κ2) is 7.22. The van der Waals surface area contributed by atoms with E-state index in [0.29, 0.717) is 22.2 Å². The third kappa shape index (κ3) is 3.24. The van der Waals surface area contributed by atoms with Gasteiger partial charge >= 0.3 is 7.60 Å². The van der Waals surface area contributed by atoms with Crippen molar-refractivity contribution in [3.63, 3.8) is 0 Å². The second-order valence-corrected chi connectivity index (χ2v) is 7.02. The molecule has 24 heavy (non-hydrogen) atoms. The van der Waals surface area contributed by atoms with Gasteiger partial charge in [-0.15, -0.1) is 0 Å². The van der Waals surface area contributed by atoms with Crippen LogP contribution in [0.4, 0.5) is 0 Å². The highest BCUT2D eigenvalue weighted by Gasteiger charge is 2.31. The first kappa shape index (κ1) is 16.8. The molecule has 1 aromatic heterocycles. The Morgan fingerprint density at radius 1 is 0.875 bits per heavy atom. The highest BCUT2D eigenvalue weighted by molar-refractivity contribution is 7.62. The number of rotatable bonds is 6. The van der Waals surface area contributed by atoms with E-state index in [1.807, 2.05) is 54.6 Å². The number of para-hydroxylation sites is 1. The topological polar surface area (TPSA) is 61.3 Å². The molecule has 0 unspecified atom stereocenters. The first-order chi connectivity index (χ1) is 11.7. The number of hydrogen-bond donors (Lipinski definition) is 0. The van der Waals surface area contributed by atoms with E-state index in [0.717, 1.165) is 5.56 Å².